The van der Waals surface area contributed by atoms with Gasteiger partial charge < -0.3 is 4.74 Å². The highest BCUT2D eigenvalue weighted by Crippen LogP contribution is 2.58. The number of benzene rings is 2. The van der Waals surface area contributed by atoms with Crippen molar-refractivity contribution < 1.29 is 23.9 Å². The summed E-state index contributed by atoms with van der Waals surface area (Å²) in [6.07, 6.45) is 3.71. The molecule has 6 nitrogen and oxygen atoms in total. The topological polar surface area (TPSA) is 80.8 Å². The van der Waals surface area contributed by atoms with Crippen LogP contribution in [-0.2, 0) is 14.3 Å². The van der Waals surface area contributed by atoms with E-state index in [1.807, 2.05) is 31.2 Å². The van der Waals surface area contributed by atoms with E-state index >= 15 is 0 Å². The van der Waals surface area contributed by atoms with Gasteiger partial charge in [-0.25, -0.2) is 0 Å². The van der Waals surface area contributed by atoms with Gasteiger partial charge in [0, 0.05) is 17.2 Å². The van der Waals surface area contributed by atoms with Gasteiger partial charge in [-0.05, 0) is 30.9 Å². The minimum atomic E-state index is -1.97. The number of rotatable bonds is 2. The zero-order chi connectivity index (χ0) is 22.9. The first-order valence-electron chi connectivity index (χ1n) is 11.8. The fraction of sp³-hybridized carbons (Fsp3) is 0.407. The molecule has 3 fully saturated rings. The molecule has 0 bridgehead atoms. The molecule has 2 aliphatic heterocycles. The van der Waals surface area contributed by atoms with Gasteiger partial charge in [-0.15, -0.1) is 0 Å². The summed E-state index contributed by atoms with van der Waals surface area (Å²) >= 11 is 0. The Morgan fingerprint density at radius 3 is 2.06 bits per heavy atom. The van der Waals surface area contributed by atoms with Crippen molar-refractivity contribution in [2.45, 2.75) is 56.8 Å². The molecule has 1 saturated carbocycles. The number of fused-ring (bicyclic) bond motifs is 3. The van der Waals surface area contributed by atoms with Gasteiger partial charge in [-0.1, -0.05) is 67.8 Å². The smallest absolute Gasteiger partial charge is 0.237 e. The molecule has 2 saturated heterocycles. The van der Waals surface area contributed by atoms with E-state index < -0.39 is 41.0 Å². The summed E-state index contributed by atoms with van der Waals surface area (Å²) < 4.78 is 6.36. The van der Waals surface area contributed by atoms with Crippen LogP contribution in [-0.4, -0.2) is 39.9 Å². The van der Waals surface area contributed by atoms with Crippen LogP contribution in [0.4, 0.5) is 0 Å². The number of likely N-dealkylation sites (tertiary alicyclic amines) is 1. The number of imide groups is 1. The molecule has 2 aliphatic carbocycles. The number of carbonyl (C=O) groups is 4. The summed E-state index contributed by atoms with van der Waals surface area (Å²) in [6, 6.07) is 13.9. The second-order valence-corrected chi connectivity index (χ2v) is 9.68. The number of ether oxygens (including phenoxy) is 1. The van der Waals surface area contributed by atoms with Crippen molar-refractivity contribution >= 4 is 23.4 Å². The van der Waals surface area contributed by atoms with E-state index in [4.69, 9.17) is 4.74 Å². The van der Waals surface area contributed by atoms with Gasteiger partial charge >= 0.3 is 0 Å². The maximum Gasteiger partial charge on any atom is 0.237 e. The Morgan fingerprint density at radius 1 is 0.818 bits per heavy atom. The Morgan fingerprint density at radius 2 is 1.42 bits per heavy atom. The van der Waals surface area contributed by atoms with E-state index in [2.05, 4.69) is 0 Å². The number of amides is 2. The zero-order valence-corrected chi connectivity index (χ0v) is 18.5. The van der Waals surface area contributed by atoms with Crippen molar-refractivity contribution in [3.05, 3.63) is 70.8 Å². The van der Waals surface area contributed by atoms with E-state index in [0.29, 0.717) is 0 Å². The molecule has 2 aromatic carbocycles. The van der Waals surface area contributed by atoms with Crippen molar-refractivity contribution in [3.8, 4) is 0 Å². The average Bonchev–Trinajstić information content (AvgIpc) is 3.40. The van der Waals surface area contributed by atoms with Gasteiger partial charge in [0.15, 0.2) is 0 Å². The third kappa shape index (κ3) is 2.58. The first-order chi connectivity index (χ1) is 16.0. The minimum Gasteiger partial charge on any atom is -0.349 e. The number of Topliss-reactive ketones (excluding diaryl/α,β-unsaturated/α-hetero) is 2. The first-order valence-corrected chi connectivity index (χ1v) is 11.8. The molecule has 0 aromatic heterocycles. The minimum absolute atomic E-state index is 0.173. The monoisotopic (exact) mass is 443 g/mol. The molecule has 4 aliphatic rings. The highest BCUT2D eigenvalue weighted by molar-refractivity contribution is 6.35. The molecule has 1 spiro atoms. The molecule has 0 radical (unpaired) electrons. The van der Waals surface area contributed by atoms with E-state index in [9.17, 15) is 19.2 Å². The molecule has 168 valence electrons. The number of ketones is 2. The molecular formula is C27H25NO5. The second-order valence-electron chi connectivity index (χ2n) is 9.68. The highest BCUT2D eigenvalue weighted by atomic mass is 16.5. The summed E-state index contributed by atoms with van der Waals surface area (Å²) in [5, 5.41) is 0. The van der Waals surface area contributed by atoms with Crippen molar-refractivity contribution in [3.63, 3.8) is 0 Å². The highest BCUT2D eigenvalue weighted by Gasteiger charge is 2.75. The van der Waals surface area contributed by atoms with Crippen LogP contribution >= 0.6 is 0 Å². The maximum atomic E-state index is 13.9. The van der Waals surface area contributed by atoms with Crippen LogP contribution in [0.2, 0.25) is 0 Å². The Balaban J connectivity index is 1.52. The Bertz CT molecular complexity index is 1180. The van der Waals surface area contributed by atoms with E-state index in [0.717, 1.165) is 43.2 Å². The Labute approximate surface area is 191 Å². The van der Waals surface area contributed by atoms with Crippen LogP contribution in [0.1, 0.15) is 70.1 Å². The van der Waals surface area contributed by atoms with Crippen LogP contribution < -0.4 is 0 Å². The normalized spacial score (nSPS) is 28.6. The SMILES string of the molecule is Cc1ccccc1[C@@H]1OC2(C(=O)c3ccccc3C2=O)[C@H]2C(=O)N(C3CCCCC3)C(=O)[C@@H]12. The summed E-state index contributed by atoms with van der Waals surface area (Å²) in [6.45, 7) is 1.91. The van der Waals surface area contributed by atoms with Crippen LogP contribution in [0.15, 0.2) is 48.5 Å². The van der Waals surface area contributed by atoms with E-state index in [1.54, 1.807) is 24.3 Å². The molecule has 33 heavy (non-hydrogen) atoms. The lowest BCUT2D eigenvalue weighted by Gasteiger charge is -2.33. The van der Waals surface area contributed by atoms with Gasteiger partial charge in [-0.3, -0.25) is 24.1 Å². The quantitative estimate of drug-likeness (QED) is 0.521. The molecule has 2 aromatic rings. The van der Waals surface area contributed by atoms with Crippen molar-refractivity contribution in [1.82, 2.24) is 4.90 Å². The summed E-state index contributed by atoms with van der Waals surface area (Å²) in [4.78, 5) is 56.6. The van der Waals surface area contributed by atoms with Crippen molar-refractivity contribution in [1.29, 1.82) is 0 Å². The lowest BCUT2D eigenvalue weighted by molar-refractivity contribution is -0.148. The van der Waals surface area contributed by atoms with Gasteiger partial charge in [-0.2, -0.15) is 0 Å². The molecule has 2 heterocycles. The Hall–Kier alpha value is -3.12. The molecule has 0 unspecified atom stereocenters. The molecule has 2 amide bonds. The standard InChI is InChI=1S/C27H25NO5/c1-15-9-5-6-12-17(15)22-20-21(26(32)28(25(20)31)16-10-3-2-4-11-16)27(33-22)23(29)18-13-7-8-14-19(18)24(27)30/h5-9,12-14,16,20-22H,2-4,10-11H2,1H3/t20-,21-,22+/m1/s1. The predicted octanol–water partition coefficient (Wildman–Crippen LogP) is 3.82. The molecule has 3 atom stereocenters. The van der Waals surface area contributed by atoms with Crippen LogP contribution in [0.3, 0.4) is 0 Å². The fourth-order valence-electron chi connectivity index (χ4n) is 6.43. The van der Waals surface area contributed by atoms with E-state index in [1.165, 1.54) is 4.90 Å². The fourth-order valence-corrected chi connectivity index (χ4v) is 6.43. The number of carbonyl (C=O) groups excluding carboxylic acids is 4. The van der Waals surface area contributed by atoms with Crippen molar-refractivity contribution in [2.75, 3.05) is 0 Å². The van der Waals surface area contributed by atoms with Crippen LogP contribution in [0.5, 0.6) is 0 Å². The predicted molar refractivity (Wildman–Crippen MR) is 119 cm³/mol. The molecular weight excluding hydrogens is 418 g/mol. The zero-order valence-electron chi connectivity index (χ0n) is 18.5. The third-order valence-corrected chi connectivity index (χ3v) is 7.99. The number of hydrogen-bond acceptors (Lipinski definition) is 5. The summed E-state index contributed by atoms with van der Waals surface area (Å²) in [5.41, 5.74) is 0.195. The molecule has 6 heteroatoms. The lowest BCUT2D eigenvalue weighted by atomic mass is 9.77. The largest absolute Gasteiger partial charge is 0.349 e. The maximum absolute atomic E-state index is 13.9. The lowest BCUT2D eigenvalue weighted by Crippen LogP contribution is -2.52. The first kappa shape index (κ1) is 20.5. The van der Waals surface area contributed by atoms with Gasteiger partial charge in [0.2, 0.25) is 29.0 Å². The number of aryl methyl sites for hydroxylation is 1. The Kier molecular flexibility index (Phi) is 4.46. The second kappa shape index (κ2) is 7.19. The van der Waals surface area contributed by atoms with Gasteiger partial charge in [0.25, 0.3) is 0 Å². The number of nitrogens with zero attached hydrogens (tertiary/aromatic N) is 1. The molecule has 6 rings (SSSR count). The van der Waals surface area contributed by atoms with Gasteiger partial charge in [0.05, 0.1) is 17.9 Å². The summed E-state index contributed by atoms with van der Waals surface area (Å²) in [5.74, 6) is -3.76. The third-order valence-electron chi connectivity index (χ3n) is 7.99. The van der Waals surface area contributed by atoms with Crippen molar-refractivity contribution in [2.24, 2.45) is 11.8 Å². The van der Waals surface area contributed by atoms with E-state index in [-0.39, 0.29) is 23.1 Å². The summed E-state index contributed by atoms with van der Waals surface area (Å²) in [7, 11) is 0. The average molecular weight is 443 g/mol. The molecule has 0 N–H and O–H groups in total. The van der Waals surface area contributed by atoms with Gasteiger partial charge in [0.1, 0.15) is 0 Å². The van der Waals surface area contributed by atoms with Crippen LogP contribution in [0, 0.1) is 18.8 Å². The van der Waals surface area contributed by atoms with Crippen LogP contribution in [0.25, 0.3) is 0 Å². The number of hydrogen-bond donors (Lipinski definition) is 0.